The Balaban J connectivity index is 1.60. The van der Waals surface area contributed by atoms with Crippen molar-refractivity contribution >= 4 is 11.6 Å². The van der Waals surface area contributed by atoms with Gasteiger partial charge in [-0.1, -0.05) is 24.3 Å². The van der Waals surface area contributed by atoms with Crippen LogP contribution in [-0.2, 0) is 11.2 Å². The summed E-state index contributed by atoms with van der Waals surface area (Å²) >= 11 is 0. The lowest BCUT2D eigenvalue weighted by molar-refractivity contribution is -0.115. The minimum absolute atomic E-state index is 0.0827. The molecule has 1 fully saturated rings. The molecule has 0 aliphatic heterocycles. The molecule has 6 nitrogen and oxygen atoms in total. The predicted octanol–water partition coefficient (Wildman–Crippen LogP) is 4.15. The highest BCUT2D eigenvalue weighted by atomic mass is 16.5. The van der Waals surface area contributed by atoms with Crippen LogP contribution in [-0.4, -0.2) is 30.3 Å². The van der Waals surface area contributed by atoms with E-state index in [-0.39, 0.29) is 12.3 Å². The summed E-state index contributed by atoms with van der Waals surface area (Å²) in [6.45, 7) is 0. The van der Waals surface area contributed by atoms with Gasteiger partial charge in [0.2, 0.25) is 5.91 Å². The molecule has 0 radical (unpaired) electrons. The van der Waals surface area contributed by atoms with Gasteiger partial charge in [-0.3, -0.25) is 9.89 Å². The third kappa shape index (κ3) is 3.86. The second kappa shape index (κ2) is 7.76. The summed E-state index contributed by atoms with van der Waals surface area (Å²) in [7, 11) is 3.25. The summed E-state index contributed by atoms with van der Waals surface area (Å²) in [6, 6.07) is 15.2. The van der Waals surface area contributed by atoms with Crippen LogP contribution in [0.25, 0.3) is 11.3 Å². The molecule has 4 rings (SSSR count). The van der Waals surface area contributed by atoms with Gasteiger partial charge in [0.15, 0.2) is 0 Å². The van der Waals surface area contributed by atoms with Gasteiger partial charge in [-0.25, -0.2) is 0 Å². The number of aromatic amines is 1. The fourth-order valence-corrected chi connectivity index (χ4v) is 3.28. The van der Waals surface area contributed by atoms with Crippen molar-refractivity contribution in [2.45, 2.75) is 25.2 Å². The van der Waals surface area contributed by atoms with Crippen LogP contribution in [0.15, 0.2) is 48.5 Å². The first-order chi connectivity index (χ1) is 13.7. The summed E-state index contributed by atoms with van der Waals surface area (Å²) < 4.78 is 10.6. The van der Waals surface area contributed by atoms with E-state index in [1.54, 1.807) is 14.2 Å². The van der Waals surface area contributed by atoms with E-state index in [2.05, 4.69) is 15.5 Å². The maximum absolute atomic E-state index is 12.8. The van der Waals surface area contributed by atoms with Crippen LogP contribution >= 0.6 is 0 Å². The standard InChI is InChI=1S/C22H23N3O3/c1-27-17-7-3-5-14(11-17)12-19(26)23-22-20(15-9-10-15)24-25-21(22)16-6-4-8-18(13-16)28-2/h3-8,11,13,15H,9-10,12H2,1-2H3,(H,23,26)(H,24,25). The minimum atomic E-state index is -0.0827. The first-order valence-electron chi connectivity index (χ1n) is 9.33. The van der Waals surface area contributed by atoms with Crippen LogP contribution in [0.5, 0.6) is 11.5 Å². The van der Waals surface area contributed by atoms with E-state index in [1.165, 1.54) is 0 Å². The molecule has 1 saturated carbocycles. The molecule has 0 unspecified atom stereocenters. The molecule has 6 heteroatoms. The number of carbonyl (C=O) groups excluding carboxylic acids is 1. The fourth-order valence-electron chi connectivity index (χ4n) is 3.28. The molecule has 0 atom stereocenters. The Hall–Kier alpha value is -3.28. The van der Waals surface area contributed by atoms with Crippen molar-refractivity contribution in [1.82, 2.24) is 10.2 Å². The minimum Gasteiger partial charge on any atom is -0.497 e. The van der Waals surface area contributed by atoms with Crippen LogP contribution < -0.4 is 14.8 Å². The van der Waals surface area contributed by atoms with Gasteiger partial charge in [0.1, 0.15) is 17.2 Å². The van der Waals surface area contributed by atoms with Gasteiger partial charge in [0, 0.05) is 11.5 Å². The van der Waals surface area contributed by atoms with E-state index in [1.807, 2.05) is 48.5 Å². The molecule has 1 heterocycles. The highest BCUT2D eigenvalue weighted by molar-refractivity contribution is 5.97. The first-order valence-corrected chi connectivity index (χ1v) is 9.33. The third-order valence-corrected chi connectivity index (χ3v) is 4.89. The quantitative estimate of drug-likeness (QED) is 0.648. The molecule has 144 valence electrons. The Morgan fingerprint density at radius 1 is 1.11 bits per heavy atom. The maximum atomic E-state index is 12.8. The number of aromatic nitrogens is 2. The SMILES string of the molecule is COc1cccc(CC(=O)Nc2c(-c3cccc(OC)c3)n[nH]c2C2CC2)c1. The zero-order valence-corrected chi connectivity index (χ0v) is 16.0. The second-order valence-corrected chi connectivity index (χ2v) is 6.94. The van der Waals surface area contributed by atoms with Crippen molar-refractivity contribution in [2.75, 3.05) is 19.5 Å². The van der Waals surface area contributed by atoms with Gasteiger partial charge in [0.25, 0.3) is 0 Å². The summed E-state index contributed by atoms with van der Waals surface area (Å²) in [5.74, 6) is 1.84. The Bertz CT molecular complexity index is 992. The van der Waals surface area contributed by atoms with Gasteiger partial charge >= 0.3 is 0 Å². The molecule has 0 spiro atoms. The summed E-state index contributed by atoms with van der Waals surface area (Å²) in [5, 5.41) is 10.7. The maximum Gasteiger partial charge on any atom is 0.228 e. The van der Waals surface area contributed by atoms with Crippen molar-refractivity contribution < 1.29 is 14.3 Å². The Morgan fingerprint density at radius 3 is 2.54 bits per heavy atom. The van der Waals surface area contributed by atoms with Crippen LogP contribution in [0.3, 0.4) is 0 Å². The monoisotopic (exact) mass is 377 g/mol. The van der Waals surface area contributed by atoms with Crippen LogP contribution in [0.2, 0.25) is 0 Å². The zero-order valence-electron chi connectivity index (χ0n) is 16.0. The lowest BCUT2D eigenvalue weighted by atomic mass is 10.1. The van der Waals surface area contributed by atoms with E-state index in [0.717, 1.165) is 52.5 Å². The number of carbonyl (C=O) groups is 1. The molecular weight excluding hydrogens is 354 g/mol. The predicted molar refractivity (Wildman–Crippen MR) is 108 cm³/mol. The summed E-state index contributed by atoms with van der Waals surface area (Å²) in [6.07, 6.45) is 2.49. The van der Waals surface area contributed by atoms with Crippen molar-refractivity contribution in [3.05, 3.63) is 59.8 Å². The molecule has 0 bridgehead atoms. The van der Waals surface area contributed by atoms with E-state index in [9.17, 15) is 4.79 Å². The van der Waals surface area contributed by atoms with E-state index in [4.69, 9.17) is 9.47 Å². The molecule has 3 aromatic rings. The number of rotatable bonds is 7. The number of anilines is 1. The Labute approximate surface area is 163 Å². The molecule has 1 aromatic heterocycles. The summed E-state index contributed by atoms with van der Waals surface area (Å²) in [4.78, 5) is 12.8. The van der Waals surface area contributed by atoms with E-state index >= 15 is 0 Å². The first kappa shape index (κ1) is 18.1. The van der Waals surface area contributed by atoms with Crippen LogP contribution in [0.1, 0.15) is 30.0 Å². The Kier molecular flexibility index (Phi) is 5.02. The molecule has 2 aromatic carbocycles. The van der Waals surface area contributed by atoms with Gasteiger partial charge in [-0.2, -0.15) is 5.10 Å². The van der Waals surface area contributed by atoms with E-state index in [0.29, 0.717) is 5.92 Å². The second-order valence-electron chi connectivity index (χ2n) is 6.94. The number of H-pyrrole nitrogens is 1. The van der Waals surface area contributed by atoms with Gasteiger partial charge in [0.05, 0.1) is 32.0 Å². The average molecular weight is 377 g/mol. The van der Waals surface area contributed by atoms with Gasteiger partial charge < -0.3 is 14.8 Å². The summed E-state index contributed by atoms with van der Waals surface area (Å²) in [5.41, 5.74) is 4.30. The lowest BCUT2D eigenvalue weighted by Gasteiger charge is -2.10. The number of nitrogens with one attached hydrogen (secondary N) is 2. The van der Waals surface area contributed by atoms with Crippen molar-refractivity contribution in [3.63, 3.8) is 0 Å². The Morgan fingerprint density at radius 2 is 1.82 bits per heavy atom. The molecule has 1 aliphatic carbocycles. The number of methoxy groups -OCH3 is 2. The highest BCUT2D eigenvalue weighted by Gasteiger charge is 2.31. The average Bonchev–Trinajstić information content (AvgIpc) is 3.48. The van der Waals surface area contributed by atoms with E-state index < -0.39 is 0 Å². The number of amides is 1. The highest BCUT2D eigenvalue weighted by Crippen LogP contribution is 2.45. The van der Waals surface area contributed by atoms with Gasteiger partial charge in [-0.05, 0) is 42.7 Å². The molecule has 0 saturated heterocycles. The topological polar surface area (TPSA) is 76.2 Å². The van der Waals surface area contributed by atoms with Crippen molar-refractivity contribution in [3.8, 4) is 22.8 Å². The molecular formula is C22H23N3O3. The molecule has 28 heavy (non-hydrogen) atoms. The van der Waals surface area contributed by atoms with Crippen LogP contribution in [0.4, 0.5) is 5.69 Å². The molecule has 1 amide bonds. The fraction of sp³-hybridized carbons (Fsp3) is 0.273. The molecule has 2 N–H and O–H groups in total. The van der Waals surface area contributed by atoms with Gasteiger partial charge in [-0.15, -0.1) is 0 Å². The lowest BCUT2D eigenvalue weighted by Crippen LogP contribution is -2.15. The third-order valence-electron chi connectivity index (χ3n) is 4.89. The number of nitrogens with zero attached hydrogens (tertiary/aromatic N) is 1. The number of benzene rings is 2. The number of ether oxygens (including phenoxy) is 2. The number of hydrogen-bond donors (Lipinski definition) is 2. The smallest absolute Gasteiger partial charge is 0.228 e. The van der Waals surface area contributed by atoms with Crippen molar-refractivity contribution in [2.24, 2.45) is 0 Å². The number of hydrogen-bond acceptors (Lipinski definition) is 4. The largest absolute Gasteiger partial charge is 0.497 e. The normalized spacial score (nSPS) is 13.2. The van der Waals surface area contributed by atoms with Crippen LogP contribution in [0, 0.1) is 0 Å². The van der Waals surface area contributed by atoms with Crippen molar-refractivity contribution in [1.29, 1.82) is 0 Å². The zero-order chi connectivity index (χ0) is 19.5. The molecule has 1 aliphatic rings.